The van der Waals surface area contributed by atoms with E-state index in [0.717, 1.165) is 18.7 Å². The van der Waals surface area contributed by atoms with Crippen molar-refractivity contribution in [1.29, 1.82) is 0 Å². The van der Waals surface area contributed by atoms with Crippen molar-refractivity contribution in [3.8, 4) is 0 Å². The molecule has 0 spiro atoms. The molecular weight excluding hydrogens is 292 g/mol. The number of rotatable bonds is 6. The molecule has 1 fully saturated rings. The van der Waals surface area contributed by atoms with E-state index in [1.807, 2.05) is 12.1 Å². The summed E-state index contributed by atoms with van der Waals surface area (Å²) in [5.74, 6) is 0. The van der Waals surface area contributed by atoms with E-state index in [1.165, 1.54) is 18.4 Å². The molecule has 0 bridgehead atoms. The highest BCUT2D eigenvalue weighted by Crippen LogP contribution is 2.20. The molecule has 0 aromatic carbocycles. The molecule has 1 aliphatic heterocycles. The number of hydrogen-bond donors (Lipinski definition) is 1. The topological polar surface area (TPSA) is 74.8 Å². The average Bonchev–Trinajstić information content (AvgIpc) is 2.49. The van der Waals surface area contributed by atoms with Crippen molar-refractivity contribution in [2.45, 2.75) is 6.04 Å². The first kappa shape index (κ1) is 16.3. The van der Waals surface area contributed by atoms with E-state index in [4.69, 9.17) is 4.74 Å². The van der Waals surface area contributed by atoms with Crippen LogP contribution in [0.1, 0.15) is 11.6 Å². The van der Waals surface area contributed by atoms with Crippen molar-refractivity contribution in [2.75, 3.05) is 46.9 Å². The number of nitrogens with one attached hydrogen (secondary N) is 1. The molecule has 1 aromatic rings. The Morgan fingerprint density at radius 3 is 2.71 bits per heavy atom. The maximum absolute atomic E-state index is 11.9. The fourth-order valence-electron chi connectivity index (χ4n) is 2.23. The van der Waals surface area contributed by atoms with Gasteiger partial charge < -0.3 is 4.74 Å². The summed E-state index contributed by atoms with van der Waals surface area (Å²) in [6.07, 6.45) is 3.49. The average molecular weight is 314 g/mol. The molecule has 1 aromatic heterocycles. The number of morpholine rings is 1. The fraction of sp³-hybridized carbons (Fsp3) is 0.615. The van der Waals surface area contributed by atoms with Gasteiger partial charge in [-0.3, -0.25) is 9.88 Å². The molecule has 0 aliphatic carbocycles. The third-order valence-electron chi connectivity index (χ3n) is 3.50. The van der Waals surface area contributed by atoms with Crippen molar-refractivity contribution in [3.63, 3.8) is 0 Å². The van der Waals surface area contributed by atoms with Gasteiger partial charge in [0.05, 0.1) is 19.3 Å². The van der Waals surface area contributed by atoms with Crippen molar-refractivity contribution in [1.82, 2.24) is 18.9 Å². The number of ether oxygens (including phenoxy) is 1. The van der Waals surface area contributed by atoms with Gasteiger partial charge in [0.15, 0.2) is 0 Å². The Morgan fingerprint density at radius 1 is 1.43 bits per heavy atom. The second kappa shape index (κ2) is 7.28. The minimum atomic E-state index is -3.43. The summed E-state index contributed by atoms with van der Waals surface area (Å²) in [5, 5.41) is 0. The molecular formula is C13H22N4O3S. The monoisotopic (exact) mass is 314 g/mol. The van der Waals surface area contributed by atoms with Gasteiger partial charge in [0.1, 0.15) is 0 Å². The molecule has 1 saturated heterocycles. The predicted octanol–water partition coefficient (Wildman–Crippen LogP) is -0.149. The van der Waals surface area contributed by atoms with Crippen LogP contribution in [0.3, 0.4) is 0 Å². The molecule has 118 valence electrons. The Balaban J connectivity index is 2.12. The summed E-state index contributed by atoms with van der Waals surface area (Å²) in [5.41, 5.74) is 1.00. The molecule has 21 heavy (non-hydrogen) atoms. The van der Waals surface area contributed by atoms with E-state index in [9.17, 15) is 8.42 Å². The third-order valence-corrected chi connectivity index (χ3v) is 4.99. The Morgan fingerprint density at radius 2 is 2.14 bits per heavy atom. The zero-order valence-corrected chi connectivity index (χ0v) is 13.2. The van der Waals surface area contributed by atoms with Crippen LogP contribution >= 0.6 is 0 Å². The first-order valence-electron chi connectivity index (χ1n) is 6.89. The maximum Gasteiger partial charge on any atom is 0.278 e. The Bertz CT molecular complexity index is 530. The number of aromatic nitrogens is 1. The van der Waals surface area contributed by atoms with Crippen molar-refractivity contribution >= 4 is 10.2 Å². The third kappa shape index (κ3) is 4.45. The van der Waals surface area contributed by atoms with Crippen molar-refractivity contribution in [2.24, 2.45) is 0 Å². The van der Waals surface area contributed by atoms with Crippen LogP contribution in [0.4, 0.5) is 0 Å². The predicted molar refractivity (Wildman–Crippen MR) is 80.0 cm³/mol. The quantitative estimate of drug-likeness (QED) is 0.790. The highest BCUT2D eigenvalue weighted by molar-refractivity contribution is 7.87. The van der Waals surface area contributed by atoms with Gasteiger partial charge in [0.25, 0.3) is 10.2 Å². The van der Waals surface area contributed by atoms with Gasteiger partial charge >= 0.3 is 0 Å². The van der Waals surface area contributed by atoms with Crippen molar-refractivity contribution < 1.29 is 13.2 Å². The van der Waals surface area contributed by atoms with Crippen LogP contribution in [0.15, 0.2) is 24.5 Å². The molecule has 1 unspecified atom stereocenters. The molecule has 0 saturated carbocycles. The molecule has 8 heteroatoms. The summed E-state index contributed by atoms with van der Waals surface area (Å²) in [6, 6.07) is 3.79. The normalized spacial score (nSPS) is 18.8. The zero-order valence-electron chi connectivity index (χ0n) is 12.4. The summed E-state index contributed by atoms with van der Waals surface area (Å²) in [4.78, 5) is 6.36. The van der Waals surface area contributed by atoms with Crippen LogP contribution in [0.25, 0.3) is 0 Å². The van der Waals surface area contributed by atoms with Crippen LogP contribution in [0, 0.1) is 0 Å². The Hall–Kier alpha value is -1.06. The summed E-state index contributed by atoms with van der Waals surface area (Å²) >= 11 is 0. The van der Waals surface area contributed by atoms with Gasteiger partial charge in [-0.25, -0.2) is 4.72 Å². The van der Waals surface area contributed by atoms with E-state index >= 15 is 0 Å². The summed E-state index contributed by atoms with van der Waals surface area (Å²) in [7, 11) is -0.415. The smallest absolute Gasteiger partial charge is 0.278 e. The van der Waals surface area contributed by atoms with E-state index < -0.39 is 10.2 Å². The van der Waals surface area contributed by atoms with Crippen LogP contribution < -0.4 is 4.72 Å². The van der Waals surface area contributed by atoms with Gasteiger partial charge in [-0.05, 0) is 11.6 Å². The van der Waals surface area contributed by atoms with Crippen LogP contribution in [-0.2, 0) is 14.9 Å². The first-order chi connectivity index (χ1) is 10.0. The molecule has 7 nitrogen and oxygen atoms in total. The second-order valence-electron chi connectivity index (χ2n) is 5.09. The van der Waals surface area contributed by atoms with E-state index in [1.54, 1.807) is 12.4 Å². The maximum atomic E-state index is 11.9. The largest absolute Gasteiger partial charge is 0.379 e. The van der Waals surface area contributed by atoms with E-state index in [-0.39, 0.29) is 6.04 Å². The highest BCUT2D eigenvalue weighted by Gasteiger charge is 2.25. The van der Waals surface area contributed by atoms with Gasteiger partial charge in [0, 0.05) is 46.1 Å². The molecule has 2 heterocycles. The molecule has 1 atom stereocenters. The van der Waals surface area contributed by atoms with Crippen LogP contribution in [-0.4, -0.2) is 69.6 Å². The Kier molecular flexibility index (Phi) is 5.65. The summed E-state index contributed by atoms with van der Waals surface area (Å²) in [6.45, 7) is 3.20. The lowest BCUT2D eigenvalue weighted by Crippen LogP contribution is -2.45. The lowest BCUT2D eigenvalue weighted by molar-refractivity contribution is 0.0171. The standard InChI is InChI=1S/C13H22N4O3S/c1-16(2)21(18,19)15-11-13(12-4-3-5-14-10-12)17-6-8-20-9-7-17/h3-5,10,13,15H,6-9,11H2,1-2H3. The zero-order chi connectivity index (χ0) is 15.3. The van der Waals surface area contributed by atoms with Gasteiger partial charge in [-0.15, -0.1) is 0 Å². The van der Waals surface area contributed by atoms with Crippen molar-refractivity contribution in [3.05, 3.63) is 30.1 Å². The molecule has 1 N–H and O–H groups in total. The number of nitrogens with zero attached hydrogens (tertiary/aromatic N) is 3. The Labute approximate surface area is 126 Å². The van der Waals surface area contributed by atoms with Gasteiger partial charge in [0.2, 0.25) is 0 Å². The lowest BCUT2D eigenvalue weighted by Gasteiger charge is -2.34. The highest BCUT2D eigenvalue weighted by atomic mass is 32.2. The molecule has 1 aliphatic rings. The fourth-order valence-corrected chi connectivity index (χ4v) is 2.86. The number of pyridine rings is 1. The van der Waals surface area contributed by atoms with Gasteiger partial charge in [-0.2, -0.15) is 12.7 Å². The van der Waals surface area contributed by atoms with Crippen LogP contribution in [0.5, 0.6) is 0 Å². The first-order valence-corrected chi connectivity index (χ1v) is 8.33. The molecule has 0 amide bonds. The minimum absolute atomic E-state index is 0.0441. The number of hydrogen-bond acceptors (Lipinski definition) is 5. The van der Waals surface area contributed by atoms with Crippen LogP contribution in [0.2, 0.25) is 0 Å². The summed E-state index contributed by atoms with van der Waals surface area (Å²) < 4.78 is 33.0. The lowest BCUT2D eigenvalue weighted by atomic mass is 10.1. The molecule has 0 radical (unpaired) electrons. The van der Waals surface area contributed by atoms with E-state index in [2.05, 4.69) is 14.6 Å². The second-order valence-corrected chi connectivity index (χ2v) is 7.06. The SMILES string of the molecule is CN(C)S(=O)(=O)NCC(c1cccnc1)N1CCOCC1. The van der Waals surface area contributed by atoms with Gasteiger partial charge in [-0.1, -0.05) is 6.07 Å². The van der Waals surface area contributed by atoms with E-state index in [0.29, 0.717) is 19.8 Å². The minimum Gasteiger partial charge on any atom is -0.379 e. The molecule has 2 rings (SSSR count).